The zero-order valence-corrected chi connectivity index (χ0v) is 9.96. The number of furan rings is 1. The van der Waals surface area contributed by atoms with Crippen molar-refractivity contribution in [1.82, 2.24) is 4.31 Å². The minimum absolute atomic E-state index is 0.196. The first-order valence-electron chi connectivity index (χ1n) is 5.10. The Morgan fingerprint density at radius 1 is 1.40 bits per heavy atom. The van der Waals surface area contributed by atoms with E-state index in [0.29, 0.717) is 25.3 Å². The van der Waals surface area contributed by atoms with Crippen LogP contribution in [-0.2, 0) is 16.6 Å². The van der Waals surface area contributed by atoms with Crippen LogP contribution in [0.25, 0.3) is 0 Å². The van der Waals surface area contributed by atoms with Crippen LogP contribution in [0.15, 0.2) is 22.8 Å². The third kappa shape index (κ3) is 3.35. The molecule has 0 saturated carbocycles. The summed E-state index contributed by atoms with van der Waals surface area (Å²) in [7, 11) is -3.13. The maximum atomic E-state index is 11.8. The average molecular weight is 231 g/mol. The fraction of sp³-hybridized carbons (Fsp3) is 0.600. The molecule has 5 heteroatoms. The Hall–Kier alpha value is -0.810. The number of rotatable bonds is 6. The predicted octanol–water partition coefficient (Wildman–Crippen LogP) is 1.84. The third-order valence-corrected chi connectivity index (χ3v) is 4.22. The largest absolute Gasteiger partial charge is 0.468 e. The Balaban J connectivity index is 2.72. The third-order valence-electron chi connectivity index (χ3n) is 2.12. The van der Waals surface area contributed by atoms with Gasteiger partial charge in [0.2, 0.25) is 10.0 Å². The molecule has 0 bridgehead atoms. The van der Waals surface area contributed by atoms with Crippen LogP contribution in [0.1, 0.15) is 26.0 Å². The highest BCUT2D eigenvalue weighted by molar-refractivity contribution is 7.89. The van der Waals surface area contributed by atoms with Gasteiger partial charge in [0, 0.05) is 6.54 Å². The SMILES string of the molecule is CCCS(=O)(=O)N(CC)Cc1ccco1. The van der Waals surface area contributed by atoms with Crippen molar-refractivity contribution in [3.05, 3.63) is 24.2 Å². The number of nitrogens with zero attached hydrogens (tertiary/aromatic N) is 1. The van der Waals surface area contributed by atoms with Gasteiger partial charge < -0.3 is 4.42 Å². The predicted molar refractivity (Wildman–Crippen MR) is 58.9 cm³/mol. The van der Waals surface area contributed by atoms with Crippen LogP contribution in [0.3, 0.4) is 0 Å². The van der Waals surface area contributed by atoms with Crippen molar-refractivity contribution in [2.45, 2.75) is 26.8 Å². The van der Waals surface area contributed by atoms with Crippen molar-refractivity contribution < 1.29 is 12.8 Å². The Bertz CT molecular complexity index is 369. The molecule has 1 heterocycles. The van der Waals surface area contributed by atoms with E-state index in [1.54, 1.807) is 18.4 Å². The highest BCUT2D eigenvalue weighted by Gasteiger charge is 2.20. The smallest absolute Gasteiger partial charge is 0.214 e. The fourth-order valence-electron chi connectivity index (χ4n) is 1.37. The van der Waals surface area contributed by atoms with E-state index >= 15 is 0 Å². The molecule has 0 aliphatic heterocycles. The van der Waals surface area contributed by atoms with Gasteiger partial charge in [-0.2, -0.15) is 4.31 Å². The summed E-state index contributed by atoms with van der Waals surface area (Å²) < 4.78 is 30.1. The Morgan fingerprint density at radius 3 is 2.60 bits per heavy atom. The van der Waals surface area contributed by atoms with E-state index in [1.807, 2.05) is 13.8 Å². The first kappa shape index (κ1) is 12.3. The molecule has 1 aromatic heterocycles. The van der Waals surface area contributed by atoms with Crippen LogP contribution in [0, 0.1) is 0 Å². The standard InChI is InChI=1S/C10H17NO3S/c1-3-8-15(12,13)11(4-2)9-10-6-5-7-14-10/h5-7H,3-4,8-9H2,1-2H3. The lowest BCUT2D eigenvalue weighted by Gasteiger charge is -2.18. The minimum atomic E-state index is -3.13. The normalized spacial score (nSPS) is 12.2. The quantitative estimate of drug-likeness (QED) is 0.750. The van der Waals surface area contributed by atoms with Crippen LogP contribution in [-0.4, -0.2) is 25.0 Å². The van der Waals surface area contributed by atoms with Crippen molar-refractivity contribution in [2.75, 3.05) is 12.3 Å². The van der Waals surface area contributed by atoms with E-state index in [0.717, 1.165) is 0 Å². The molecule has 0 unspecified atom stereocenters. The van der Waals surface area contributed by atoms with Gasteiger partial charge in [-0.1, -0.05) is 13.8 Å². The molecule has 1 aromatic rings. The molecule has 86 valence electrons. The minimum Gasteiger partial charge on any atom is -0.468 e. The van der Waals surface area contributed by atoms with Gasteiger partial charge >= 0.3 is 0 Å². The van der Waals surface area contributed by atoms with Crippen molar-refractivity contribution >= 4 is 10.0 Å². The summed E-state index contributed by atoms with van der Waals surface area (Å²) >= 11 is 0. The van der Waals surface area contributed by atoms with Gasteiger partial charge in [-0.15, -0.1) is 0 Å². The molecule has 0 radical (unpaired) electrons. The molecule has 0 atom stereocenters. The monoisotopic (exact) mass is 231 g/mol. The topological polar surface area (TPSA) is 50.5 Å². The van der Waals surface area contributed by atoms with E-state index < -0.39 is 10.0 Å². The molecule has 0 aromatic carbocycles. The Labute approximate surface area is 90.9 Å². The number of hydrogen-bond donors (Lipinski definition) is 0. The van der Waals surface area contributed by atoms with E-state index in [2.05, 4.69) is 0 Å². The van der Waals surface area contributed by atoms with Crippen LogP contribution in [0.2, 0.25) is 0 Å². The molecule has 0 saturated heterocycles. The van der Waals surface area contributed by atoms with Gasteiger partial charge in [0.05, 0.1) is 18.6 Å². The van der Waals surface area contributed by atoms with Crippen LogP contribution in [0.5, 0.6) is 0 Å². The summed E-state index contributed by atoms with van der Waals surface area (Å²) in [5, 5.41) is 0. The van der Waals surface area contributed by atoms with Crippen LogP contribution in [0.4, 0.5) is 0 Å². The lowest BCUT2D eigenvalue weighted by atomic mass is 10.4. The zero-order valence-electron chi connectivity index (χ0n) is 9.14. The van der Waals surface area contributed by atoms with Crippen molar-refractivity contribution in [3.8, 4) is 0 Å². The van der Waals surface area contributed by atoms with Gasteiger partial charge in [-0.3, -0.25) is 0 Å². The Kier molecular flexibility index (Phi) is 4.35. The van der Waals surface area contributed by atoms with Crippen molar-refractivity contribution in [1.29, 1.82) is 0 Å². The molecule has 0 aliphatic rings. The van der Waals surface area contributed by atoms with Crippen LogP contribution < -0.4 is 0 Å². The summed E-state index contributed by atoms with van der Waals surface area (Å²) in [4.78, 5) is 0. The van der Waals surface area contributed by atoms with Crippen molar-refractivity contribution in [3.63, 3.8) is 0 Å². The zero-order chi connectivity index (χ0) is 11.3. The summed E-state index contributed by atoms with van der Waals surface area (Å²) in [5.41, 5.74) is 0. The van der Waals surface area contributed by atoms with Gasteiger partial charge in [0.1, 0.15) is 5.76 Å². The molecule has 1 rings (SSSR count). The second-order valence-electron chi connectivity index (χ2n) is 3.32. The second kappa shape index (κ2) is 5.32. The van der Waals surface area contributed by atoms with Crippen LogP contribution >= 0.6 is 0 Å². The molecule has 0 N–H and O–H groups in total. The molecule has 0 aliphatic carbocycles. The van der Waals surface area contributed by atoms with Gasteiger partial charge in [0.15, 0.2) is 0 Å². The first-order chi connectivity index (χ1) is 7.10. The molecule has 4 nitrogen and oxygen atoms in total. The molecular weight excluding hydrogens is 214 g/mol. The summed E-state index contributed by atoms with van der Waals surface area (Å²) in [6.45, 7) is 4.49. The lowest BCUT2D eigenvalue weighted by Crippen LogP contribution is -2.32. The van der Waals surface area contributed by atoms with E-state index in [9.17, 15) is 8.42 Å². The maximum absolute atomic E-state index is 11.8. The molecule has 0 spiro atoms. The maximum Gasteiger partial charge on any atom is 0.214 e. The molecule has 15 heavy (non-hydrogen) atoms. The summed E-state index contributed by atoms with van der Waals surface area (Å²) in [6, 6.07) is 3.54. The van der Waals surface area contributed by atoms with Gasteiger partial charge in [-0.05, 0) is 18.6 Å². The van der Waals surface area contributed by atoms with Gasteiger partial charge in [-0.25, -0.2) is 8.42 Å². The average Bonchev–Trinajstić information content (AvgIpc) is 2.66. The highest BCUT2D eigenvalue weighted by atomic mass is 32.2. The first-order valence-corrected chi connectivity index (χ1v) is 6.71. The number of sulfonamides is 1. The highest BCUT2D eigenvalue weighted by Crippen LogP contribution is 2.10. The Morgan fingerprint density at radius 2 is 2.13 bits per heavy atom. The van der Waals surface area contributed by atoms with E-state index in [-0.39, 0.29) is 5.75 Å². The number of hydrogen-bond acceptors (Lipinski definition) is 3. The van der Waals surface area contributed by atoms with Gasteiger partial charge in [0.25, 0.3) is 0 Å². The lowest BCUT2D eigenvalue weighted by molar-refractivity contribution is 0.375. The molecular formula is C10H17NO3S. The van der Waals surface area contributed by atoms with E-state index in [1.165, 1.54) is 4.31 Å². The summed E-state index contributed by atoms with van der Waals surface area (Å²) in [5.74, 6) is 0.873. The molecule has 0 amide bonds. The fourth-order valence-corrected chi connectivity index (χ4v) is 2.86. The molecule has 0 fully saturated rings. The van der Waals surface area contributed by atoms with E-state index in [4.69, 9.17) is 4.42 Å². The second-order valence-corrected chi connectivity index (χ2v) is 5.41. The summed E-state index contributed by atoms with van der Waals surface area (Å²) in [6.07, 6.45) is 2.19. The van der Waals surface area contributed by atoms with Crippen molar-refractivity contribution in [2.24, 2.45) is 0 Å².